The smallest absolute Gasteiger partial charge is 0.288 e. The number of carbonyl (C=O) groups is 1. The van der Waals surface area contributed by atoms with Crippen molar-refractivity contribution < 1.29 is 13.6 Å². The largest absolute Gasteiger partial charge is 0.326 e. The summed E-state index contributed by atoms with van der Waals surface area (Å²) in [5.74, 6) is -2.60. The maximum Gasteiger partial charge on any atom is 0.288 e. The van der Waals surface area contributed by atoms with Gasteiger partial charge in [0.1, 0.15) is 0 Å². The van der Waals surface area contributed by atoms with E-state index in [0.717, 1.165) is 28.3 Å². The van der Waals surface area contributed by atoms with E-state index in [1.54, 1.807) is 28.8 Å². The van der Waals surface area contributed by atoms with E-state index in [0.29, 0.717) is 35.2 Å². The quantitative estimate of drug-likeness (QED) is 0.628. The molecule has 0 unspecified atom stereocenters. The second kappa shape index (κ2) is 8.04. The highest BCUT2D eigenvalue weighted by Gasteiger charge is 2.13. The molecule has 0 aliphatic carbocycles. The molecule has 0 saturated heterocycles. The fourth-order valence-electron chi connectivity index (χ4n) is 2.98. The molecule has 3 rings (SSSR count). The molecule has 8 heteroatoms. The van der Waals surface area contributed by atoms with Crippen LogP contribution in [0.4, 0.5) is 14.5 Å². The highest BCUT2D eigenvalue weighted by Crippen LogP contribution is 2.26. The van der Waals surface area contributed by atoms with Crippen molar-refractivity contribution in [3.8, 4) is 0 Å². The number of anilines is 1. The molecular weight excluding hydrogens is 370 g/mol. The van der Waals surface area contributed by atoms with Gasteiger partial charge in [0.25, 0.3) is 5.76 Å². The summed E-state index contributed by atoms with van der Waals surface area (Å²) in [5.41, 5.74) is 5.16. The Morgan fingerprint density at radius 1 is 1.22 bits per heavy atom. The molecule has 1 N–H and O–H groups in total. The average Bonchev–Trinajstić information content (AvgIpc) is 2.96. The lowest BCUT2D eigenvalue weighted by atomic mass is 10.1. The number of nitrogens with zero attached hydrogens (tertiary/aromatic N) is 3. The molecule has 0 bridgehead atoms. The molecule has 0 spiro atoms. The Kier molecular flexibility index (Phi) is 5.74. The molecule has 0 fully saturated rings. The van der Waals surface area contributed by atoms with E-state index < -0.39 is 5.76 Å². The predicted octanol–water partition coefficient (Wildman–Crippen LogP) is 4.54. The number of thioether (sulfide) groups is 1. The Morgan fingerprint density at radius 3 is 2.59 bits per heavy atom. The van der Waals surface area contributed by atoms with E-state index in [-0.39, 0.29) is 5.91 Å². The van der Waals surface area contributed by atoms with Gasteiger partial charge in [-0.15, -0.1) is 0 Å². The molecule has 3 aromatic rings. The summed E-state index contributed by atoms with van der Waals surface area (Å²) < 4.78 is 26.5. The zero-order chi connectivity index (χ0) is 19.6. The fraction of sp³-hybridized carbons (Fsp3) is 0.316. The van der Waals surface area contributed by atoms with Gasteiger partial charge in [0.2, 0.25) is 5.91 Å². The molecule has 1 aromatic carbocycles. The second-order valence-electron chi connectivity index (χ2n) is 6.27. The molecule has 1 amide bonds. The highest BCUT2D eigenvalue weighted by atomic mass is 32.2. The lowest BCUT2D eigenvalue weighted by Crippen LogP contribution is -2.14. The monoisotopic (exact) mass is 390 g/mol. The first-order chi connectivity index (χ1) is 12.8. The van der Waals surface area contributed by atoms with Gasteiger partial charge in [0, 0.05) is 34.5 Å². The summed E-state index contributed by atoms with van der Waals surface area (Å²) in [6.45, 7) is 5.82. The van der Waals surface area contributed by atoms with E-state index in [4.69, 9.17) is 0 Å². The number of aryl methyl sites for hydroxylation is 3. The summed E-state index contributed by atoms with van der Waals surface area (Å²) in [4.78, 5) is 17.3. The zero-order valence-corrected chi connectivity index (χ0v) is 16.1. The Balaban J connectivity index is 1.64. The van der Waals surface area contributed by atoms with Crippen LogP contribution in [-0.4, -0.2) is 26.3 Å². The molecule has 0 atom stereocenters. The number of halogens is 2. The number of aromatic nitrogens is 3. The lowest BCUT2D eigenvalue weighted by molar-refractivity contribution is -0.116. The van der Waals surface area contributed by atoms with Crippen LogP contribution in [0.1, 0.15) is 29.1 Å². The van der Waals surface area contributed by atoms with Gasteiger partial charge in [0.15, 0.2) is 5.65 Å². The molecule has 0 aliphatic heterocycles. The van der Waals surface area contributed by atoms with Crippen molar-refractivity contribution in [2.75, 3.05) is 5.32 Å². The Morgan fingerprint density at radius 2 is 1.93 bits per heavy atom. The van der Waals surface area contributed by atoms with E-state index in [2.05, 4.69) is 15.4 Å². The third kappa shape index (κ3) is 4.63. The van der Waals surface area contributed by atoms with Crippen LogP contribution in [0.5, 0.6) is 0 Å². The van der Waals surface area contributed by atoms with E-state index in [9.17, 15) is 13.6 Å². The van der Waals surface area contributed by atoms with Crippen LogP contribution in [0.2, 0.25) is 0 Å². The molecule has 0 aliphatic rings. The average molecular weight is 390 g/mol. The maximum atomic E-state index is 12.3. The number of nitrogens with one attached hydrogen (secondary N) is 1. The van der Waals surface area contributed by atoms with Crippen molar-refractivity contribution >= 4 is 29.0 Å². The van der Waals surface area contributed by atoms with Crippen LogP contribution in [0, 0.1) is 20.8 Å². The van der Waals surface area contributed by atoms with Gasteiger partial charge in [-0.25, -0.2) is 9.50 Å². The number of carbonyl (C=O) groups excluding carboxylic acids is 1. The third-order valence-electron chi connectivity index (χ3n) is 4.25. The predicted molar refractivity (Wildman–Crippen MR) is 102 cm³/mol. The van der Waals surface area contributed by atoms with E-state index in [1.165, 1.54) is 0 Å². The van der Waals surface area contributed by atoms with Crippen molar-refractivity contribution in [1.82, 2.24) is 14.6 Å². The summed E-state index contributed by atoms with van der Waals surface area (Å²) in [6.07, 6.45) is 0.841. The standard InChI is InChI=1S/C19H20F2N4OS/c1-11-10-17-22-12(2)16(13(3)25(17)24-11)8-9-18(26)23-14-4-6-15(7-5-14)27-19(20)21/h4-7,10,19H,8-9H2,1-3H3,(H,23,26). The van der Waals surface area contributed by atoms with Crippen molar-refractivity contribution in [2.45, 2.75) is 44.3 Å². The summed E-state index contributed by atoms with van der Waals surface area (Å²) >= 11 is 0.478. The zero-order valence-electron chi connectivity index (χ0n) is 15.3. The minimum atomic E-state index is -2.46. The minimum absolute atomic E-state index is 0.139. The van der Waals surface area contributed by atoms with Crippen LogP contribution >= 0.6 is 11.8 Å². The summed E-state index contributed by atoms with van der Waals surface area (Å²) in [7, 11) is 0. The molecule has 27 heavy (non-hydrogen) atoms. The highest BCUT2D eigenvalue weighted by molar-refractivity contribution is 7.99. The van der Waals surface area contributed by atoms with E-state index >= 15 is 0 Å². The van der Waals surface area contributed by atoms with Gasteiger partial charge in [-0.1, -0.05) is 11.8 Å². The minimum Gasteiger partial charge on any atom is -0.326 e. The van der Waals surface area contributed by atoms with Crippen LogP contribution < -0.4 is 5.32 Å². The Hall–Kier alpha value is -2.48. The molecule has 2 heterocycles. The topological polar surface area (TPSA) is 59.3 Å². The number of alkyl halides is 2. The second-order valence-corrected chi connectivity index (χ2v) is 7.33. The molecule has 0 radical (unpaired) electrons. The van der Waals surface area contributed by atoms with Gasteiger partial charge in [0.05, 0.1) is 5.69 Å². The van der Waals surface area contributed by atoms with Crippen LogP contribution in [0.3, 0.4) is 0 Å². The lowest BCUT2D eigenvalue weighted by Gasteiger charge is -2.11. The number of hydrogen-bond acceptors (Lipinski definition) is 4. The molecule has 142 valence electrons. The fourth-order valence-corrected chi connectivity index (χ4v) is 3.48. The SMILES string of the molecule is Cc1cc2nc(C)c(CCC(=O)Nc3ccc(SC(F)F)cc3)c(C)n2n1. The van der Waals surface area contributed by atoms with Crippen molar-refractivity contribution in [3.05, 3.63) is 53.0 Å². The normalized spacial score (nSPS) is 11.3. The van der Waals surface area contributed by atoms with Crippen molar-refractivity contribution in [1.29, 1.82) is 0 Å². The molecular formula is C19H20F2N4OS. The maximum absolute atomic E-state index is 12.3. The first kappa shape index (κ1) is 19.3. The summed E-state index contributed by atoms with van der Waals surface area (Å²) in [6, 6.07) is 8.31. The molecule has 0 saturated carbocycles. The number of amides is 1. The van der Waals surface area contributed by atoms with Crippen molar-refractivity contribution in [3.63, 3.8) is 0 Å². The Labute approximate surface area is 160 Å². The summed E-state index contributed by atoms with van der Waals surface area (Å²) in [5, 5.41) is 7.23. The third-order valence-corrected chi connectivity index (χ3v) is 4.97. The number of benzene rings is 1. The van der Waals surface area contributed by atoms with E-state index in [1.807, 2.05) is 26.8 Å². The van der Waals surface area contributed by atoms with Gasteiger partial charge >= 0.3 is 0 Å². The van der Waals surface area contributed by atoms with Gasteiger partial charge in [-0.2, -0.15) is 13.9 Å². The van der Waals surface area contributed by atoms with Crippen molar-refractivity contribution in [2.24, 2.45) is 0 Å². The van der Waals surface area contributed by atoms with Gasteiger partial charge < -0.3 is 5.32 Å². The van der Waals surface area contributed by atoms with Crippen LogP contribution in [0.25, 0.3) is 5.65 Å². The number of fused-ring (bicyclic) bond motifs is 1. The van der Waals surface area contributed by atoms with Gasteiger partial charge in [-0.05, 0) is 57.0 Å². The van der Waals surface area contributed by atoms with Gasteiger partial charge in [-0.3, -0.25) is 4.79 Å². The first-order valence-electron chi connectivity index (χ1n) is 8.50. The number of rotatable bonds is 6. The first-order valence-corrected chi connectivity index (χ1v) is 9.38. The Bertz CT molecular complexity index is 970. The molecule has 5 nitrogen and oxygen atoms in total. The van der Waals surface area contributed by atoms with Crippen LogP contribution in [0.15, 0.2) is 35.2 Å². The molecule has 2 aromatic heterocycles. The number of hydrogen-bond donors (Lipinski definition) is 1. The van der Waals surface area contributed by atoms with Crippen LogP contribution in [-0.2, 0) is 11.2 Å².